The second kappa shape index (κ2) is 6.74. The maximum absolute atomic E-state index is 12.6. The van der Waals surface area contributed by atoms with Gasteiger partial charge >= 0.3 is 5.97 Å². The number of aliphatic carboxylic acids is 1. The monoisotopic (exact) mass is 389 g/mol. The lowest BCUT2D eigenvalue weighted by molar-refractivity contribution is -0.142. The van der Waals surface area contributed by atoms with Crippen LogP contribution in [0.15, 0.2) is 4.79 Å². The molecule has 0 aromatic carbocycles. The standard InChI is InChI=1S/C19H23N3O4S/c1-9-10(2)27-18-16(9)17(24)20-14(21-18)5-6-15(23)22-7-12(11-3-4-11)13(8-22)19(25)26/h11-13H,3-8H2,1-2H3,(H,25,26)(H,20,21,24)/t12-,13+/m1/s1. The van der Waals surface area contributed by atoms with Gasteiger partial charge in [0, 0.05) is 30.8 Å². The number of aromatic nitrogens is 2. The second-order valence-corrected chi connectivity index (χ2v) is 8.92. The molecule has 0 bridgehead atoms. The van der Waals surface area contributed by atoms with E-state index in [-0.39, 0.29) is 23.8 Å². The Morgan fingerprint density at radius 1 is 1.30 bits per heavy atom. The van der Waals surface area contributed by atoms with Gasteiger partial charge in [-0.3, -0.25) is 14.4 Å². The van der Waals surface area contributed by atoms with Crippen molar-refractivity contribution >= 4 is 33.4 Å². The van der Waals surface area contributed by atoms with Gasteiger partial charge in [-0.1, -0.05) is 0 Å². The number of carbonyl (C=O) groups excluding carboxylic acids is 1. The highest BCUT2D eigenvalue weighted by Gasteiger charge is 2.46. The molecule has 0 radical (unpaired) electrons. The fraction of sp³-hybridized carbons (Fsp3) is 0.579. The Morgan fingerprint density at radius 3 is 2.70 bits per heavy atom. The number of aryl methyl sites for hydroxylation is 3. The Balaban J connectivity index is 1.44. The van der Waals surface area contributed by atoms with Gasteiger partial charge in [-0.05, 0) is 44.1 Å². The number of hydrogen-bond acceptors (Lipinski definition) is 5. The van der Waals surface area contributed by atoms with Crippen LogP contribution >= 0.6 is 11.3 Å². The first kappa shape index (κ1) is 18.2. The largest absolute Gasteiger partial charge is 0.481 e. The molecule has 0 spiro atoms. The first-order valence-electron chi connectivity index (χ1n) is 9.34. The fourth-order valence-electron chi connectivity index (χ4n) is 4.10. The highest BCUT2D eigenvalue weighted by molar-refractivity contribution is 7.18. The third kappa shape index (κ3) is 3.38. The van der Waals surface area contributed by atoms with E-state index >= 15 is 0 Å². The zero-order valence-corrected chi connectivity index (χ0v) is 16.3. The molecule has 3 heterocycles. The number of fused-ring (bicyclic) bond motifs is 1. The van der Waals surface area contributed by atoms with Crippen molar-refractivity contribution in [1.29, 1.82) is 0 Å². The van der Waals surface area contributed by atoms with Gasteiger partial charge in [0.1, 0.15) is 10.7 Å². The Labute approximate surface area is 160 Å². The van der Waals surface area contributed by atoms with Crippen molar-refractivity contribution in [1.82, 2.24) is 14.9 Å². The number of carboxylic acid groups (broad SMARTS) is 1. The second-order valence-electron chi connectivity index (χ2n) is 7.72. The molecule has 8 heteroatoms. The third-order valence-electron chi connectivity index (χ3n) is 5.93. The van der Waals surface area contributed by atoms with Crippen molar-refractivity contribution in [2.45, 2.75) is 39.5 Å². The van der Waals surface area contributed by atoms with E-state index < -0.39 is 11.9 Å². The summed E-state index contributed by atoms with van der Waals surface area (Å²) in [5, 5.41) is 10.1. The van der Waals surface area contributed by atoms with Crippen LogP contribution in [0, 0.1) is 31.6 Å². The highest BCUT2D eigenvalue weighted by Crippen LogP contribution is 2.44. The lowest BCUT2D eigenvalue weighted by atomic mass is 9.92. The third-order valence-corrected chi connectivity index (χ3v) is 7.03. The van der Waals surface area contributed by atoms with Crippen LogP contribution in [-0.2, 0) is 16.0 Å². The van der Waals surface area contributed by atoms with E-state index in [1.807, 2.05) is 13.8 Å². The summed E-state index contributed by atoms with van der Waals surface area (Å²) in [7, 11) is 0. The quantitative estimate of drug-likeness (QED) is 0.815. The summed E-state index contributed by atoms with van der Waals surface area (Å²) in [6, 6.07) is 0. The Kier molecular flexibility index (Phi) is 4.53. The molecule has 0 unspecified atom stereocenters. The van der Waals surface area contributed by atoms with E-state index in [0.717, 1.165) is 23.3 Å². The van der Waals surface area contributed by atoms with Gasteiger partial charge in [-0.15, -0.1) is 11.3 Å². The number of carboxylic acids is 1. The van der Waals surface area contributed by atoms with Crippen LogP contribution in [-0.4, -0.2) is 44.9 Å². The maximum Gasteiger partial charge on any atom is 0.308 e. The fourth-order valence-corrected chi connectivity index (χ4v) is 5.15. The van der Waals surface area contributed by atoms with Crippen LogP contribution in [0.3, 0.4) is 0 Å². The minimum atomic E-state index is -0.804. The van der Waals surface area contributed by atoms with Crippen LogP contribution in [0.1, 0.15) is 35.5 Å². The topological polar surface area (TPSA) is 103 Å². The summed E-state index contributed by atoms with van der Waals surface area (Å²) in [5.41, 5.74) is 0.791. The van der Waals surface area contributed by atoms with Gasteiger partial charge < -0.3 is 15.0 Å². The van der Waals surface area contributed by atoms with E-state index in [0.29, 0.717) is 41.5 Å². The minimum absolute atomic E-state index is 0.0642. The van der Waals surface area contributed by atoms with Gasteiger partial charge in [0.25, 0.3) is 5.56 Å². The van der Waals surface area contributed by atoms with E-state index in [4.69, 9.17) is 0 Å². The lowest BCUT2D eigenvalue weighted by Gasteiger charge is -2.16. The summed E-state index contributed by atoms with van der Waals surface area (Å²) in [6.45, 7) is 4.71. The molecule has 2 aliphatic rings. The molecule has 1 saturated carbocycles. The lowest BCUT2D eigenvalue weighted by Crippen LogP contribution is -2.30. The zero-order chi connectivity index (χ0) is 19.3. The molecule has 2 fully saturated rings. The molecule has 1 amide bonds. The molecule has 1 saturated heterocycles. The summed E-state index contributed by atoms with van der Waals surface area (Å²) in [6.07, 6.45) is 2.71. The van der Waals surface area contributed by atoms with Gasteiger partial charge in [0.05, 0.1) is 11.3 Å². The van der Waals surface area contributed by atoms with Crippen LogP contribution in [0.2, 0.25) is 0 Å². The van der Waals surface area contributed by atoms with E-state index in [2.05, 4.69) is 9.97 Å². The van der Waals surface area contributed by atoms with Crippen LogP contribution in [0.5, 0.6) is 0 Å². The van der Waals surface area contributed by atoms with Crippen molar-refractivity contribution in [3.8, 4) is 0 Å². The number of amides is 1. The number of thiophene rings is 1. The molecule has 1 aliphatic heterocycles. The minimum Gasteiger partial charge on any atom is -0.481 e. The predicted molar refractivity (Wildman–Crippen MR) is 102 cm³/mol. The van der Waals surface area contributed by atoms with E-state index in [1.54, 1.807) is 4.90 Å². The number of nitrogens with one attached hydrogen (secondary N) is 1. The van der Waals surface area contributed by atoms with Crippen molar-refractivity contribution in [3.63, 3.8) is 0 Å². The summed E-state index contributed by atoms with van der Waals surface area (Å²) in [4.78, 5) is 47.2. The maximum atomic E-state index is 12.6. The predicted octanol–water partition coefficient (Wildman–Crippen LogP) is 2.10. The van der Waals surface area contributed by atoms with Crippen LogP contribution in [0.4, 0.5) is 0 Å². The number of hydrogen-bond donors (Lipinski definition) is 2. The highest BCUT2D eigenvalue weighted by atomic mass is 32.1. The smallest absolute Gasteiger partial charge is 0.308 e. The Hall–Kier alpha value is -2.22. The number of nitrogens with zero attached hydrogens (tertiary/aromatic N) is 2. The van der Waals surface area contributed by atoms with Crippen molar-refractivity contribution in [3.05, 3.63) is 26.6 Å². The van der Waals surface area contributed by atoms with Crippen LogP contribution < -0.4 is 5.56 Å². The number of H-pyrrole nitrogens is 1. The number of likely N-dealkylation sites (tertiary alicyclic amines) is 1. The molecule has 4 rings (SSSR count). The van der Waals surface area contributed by atoms with Crippen molar-refractivity contribution in [2.24, 2.45) is 17.8 Å². The SMILES string of the molecule is Cc1sc2nc(CCC(=O)N3C[C@H](C(=O)O)[C@@H](C4CC4)C3)[nH]c(=O)c2c1C. The zero-order valence-electron chi connectivity index (χ0n) is 15.4. The summed E-state index contributed by atoms with van der Waals surface area (Å²) < 4.78 is 0. The van der Waals surface area contributed by atoms with Crippen molar-refractivity contribution < 1.29 is 14.7 Å². The molecule has 1 aliphatic carbocycles. The molecular weight excluding hydrogens is 366 g/mol. The molecule has 2 aromatic heterocycles. The Morgan fingerprint density at radius 2 is 2.04 bits per heavy atom. The molecule has 2 aromatic rings. The number of rotatable bonds is 5. The average Bonchev–Trinajstić information content (AvgIpc) is 3.29. The molecular formula is C19H23N3O4S. The molecule has 7 nitrogen and oxygen atoms in total. The molecule has 27 heavy (non-hydrogen) atoms. The van der Waals surface area contributed by atoms with Crippen molar-refractivity contribution in [2.75, 3.05) is 13.1 Å². The average molecular weight is 389 g/mol. The number of aromatic amines is 1. The van der Waals surface area contributed by atoms with E-state index in [1.165, 1.54) is 11.3 Å². The molecule has 2 atom stereocenters. The normalized spacial score (nSPS) is 22.5. The van der Waals surface area contributed by atoms with Gasteiger partial charge in [0.15, 0.2) is 0 Å². The van der Waals surface area contributed by atoms with Gasteiger partial charge in [-0.25, -0.2) is 4.98 Å². The molecule has 2 N–H and O–H groups in total. The first-order valence-corrected chi connectivity index (χ1v) is 10.2. The van der Waals surface area contributed by atoms with Gasteiger partial charge in [0.2, 0.25) is 5.91 Å². The Bertz CT molecular complexity index is 975. The first-order chi connectivity index (χ1) is 12.8. The summed E-state index contributed by atoms with van der Waals surface area (Å²) in [5.74, 6) is -0.275. The molecule has 144 valence electrons. The van der Waals surface area contributed by atoms with E-state index in [9.17, 15) is 19.5 Å². The van der Waals surface area contributed by atoms with Gasteiger partial charge in [-0.2, -0.15) is 0 Å². The number of carbonyl (C=O) groups is 2. The summed E-state index contributed by atoms with van der Waals surface area (Å²) >= 11 is 1.49. The van der Waals surface area contributed by atoms with Crippen LogP contribution in [0.25, 0.3) is 10.2 Å².